The Morgan fingerprint density at radius 2 is 2.29 bits per heavy atom. The minimum atomic E-state index is -0.811. The molecule has 0 aromatic carbocycles. The molecule has 0 saturated heterocycles. The second kappa shape index (κ2) is 6.99. The average molecular weight is 288 g/mol. The monoisotopic (exact) mass is 288 g/mol. The zero-order valence-corrected chi connectivity index (χ0v) is 12.3. The zero-order valence-electron chi connectivity index (χ0n) is 12.3. The highest BCUT2D eigenvalue weighted by molar-refractivity contribution is 5.66. The highest BCUT2D eigenvalue weighted by Crippen LogP contribution is 2.19. The summed E-state index contributed by atoms with van der Waals surface area (Å²) in [6, 6.07) is 4.25. The van der Waals surface area contributed by atoms with E-state index in [9.17, 15) is 4.79 Å². The van der Waals surface area contributed by atoms with Crippen LogP contribution in [0.5, 0.6) is 0 Å². The number of aryl methyl sites for hydroxylation is 1. The van der Waals surface area contributed by atoms with Gasteiger partial charge in [-0.05, 0) is 25.6 Å². The van der Waals surface area contributed by atoms with E-state index in [-0.39, 0.29) is 12.5 Å². The minimum Gasteiger partial charge on any atom is -0.481 e. The Morgan fingerprint density at radius 3 is 2.95 bits per heavy atom. The lowest BCUT2D eigenvalue weighted by atomic mass is 10.1. The van der Waals surface area contributed by atoms with Crippen molar-refractivity contribution in [1.29, 1.82) is 0 Å². The van der Waals surface area contributed by atoms with Gasteiger partial charge < -0.3 is 5.11 Å². The summed E-state index contributed by atoms with van der Waals surface area (Å²) in [6.45, 7) is 3.28. The molecule has 2 heterocycles. The number of carboxylic acids is 1. The molecular formula is C15H20N4O2. The van der Waals surface area contributed by atoms with Crippen molar-refractivity contribution in [1.82, 2.24) is 19.7 Å². The van der Waals surface area contributed by atoms with Crippen LogP contribution >= 0.6 is 0 Å². The topological polar surface area (TPSA) is 71.2 Å². The van der Waals surface area contributed by atoms with Crippen LogP contribution in [0.1, 0.15) is 30.5 Å². The molecule has 0 amide bonds. The van der Waals surface area contributed by atoms with Crippen LogP contribution in [-0.4, -0.2) is 37.8 Å². The van der Waals surface area contributed by atoms with Crippen LogP contribution in [-0.2, 0) is 17.9 Å². The molecule has 21 heavy (non-hydrogen) atoms. The molecule has 0 radical (unpaired) electrons. The van der Waals surface area contributed by atoms with Crippen molar-refractivity contribution in [3.63, 3.8) is 0 Å². The molecule has 6 nitrogen and oxygen atoms in total. The predicted molar refractivity (Wildman–Crippen MR) is 78.6 cm³/mol. The molecule has 6 heteroatoms. The Balaban J connectivity index is 1.93. The van der Waals surface area contributed by atoms with Crippen LogP contribution in [0.2, 0.25) is 0 Å². The van der Waals surface area contributed by atoms with Gasteiger partial charge in [0.15, 0.2) is 0 Å². The van der Waals surface area contributed by atoms with Gasteiger partial charge in [0.05, 0.1) is 19.2 Å². The van der Waals surface area contributed by atoms with Crippen molar-refractivity contribution >= 4 is 5.97 Å². The SMILES string of the molecule is C[C@@H](c1cccnc1)N(C)Cc1cnn(CCC(=O)O)c1. The van der Waals surface area contributed by atoms with Gasteiger partial charge in [0.1, 0.15) is 0 Å². The van der Waals surface area contributed by atoms with Crippen LogP contribution in [0.3, 0.4) is 0 Å². The summed E-state index contributed by atoms with van der Waals surface area (Å²) >= 11 is 0. The number of carbonyl (C=O) groups is 1. The van der Waals surface area contributed by atoms with Gasteiger partial charge in [-0.25, -0.2) is 0 Å². The van der Waals surface area contributed by atoms with Gasteiger partial charge >= 0.3 is 5.97 Å². The predicted octanol–water partition coefficient (Wildman–Crippen LogP) is 1.95. The van der Waals surface area contributed by atoms with Crippen LogP contribution in [0.15, 0.2) is 36.9 Å². The second-order valence-corrected chi connectivity index (χ2v) is 5.13. The lowest BCUT2D eigenvalue weighted by molar-refractivity contribution is -0.137. The van der Waals surface area contributed by atoms with E-state index in [0.717, 1.165) is 12.1 Å². The number of carboxylic acid groups (broad SMARTS) is 1. The van der Waals surface area contributed by atoms with Gasteiger partial charge in [-0.2, -0.15) is 5.10 Å². The van der Waals surface area contributed by atoms with E-state index < -0.39 is 5.97 Å². The maximum atomic E-state index is 10.5. The van der Waals surface area contributed by atoms with Gasteiger partial charge in [-0.3, -0.25) is 19.4 Å². The van der Waals surface area contributed by atoms with Crippen molar-refractivity contribution < 1.29 is 9.90 Å². The van der Waals surface area contributed by atoms with Crippen LogP contribution in [0.4, 0.5) is 0 Å². The fourth-order valence-corrected chi connectivity index (χ4v) is 2.12. The number of hydrogen-bond acceptors (Lipinski definition) is 4. The molecular weight excluding hydrogens is 268 g/mol. The van der Waals surface area contributed by atoms with Crippen LogP contribution in [0, 0.1) is 0 Å². The Bertz CT molecular complexity index is 582. The summed E-state index contributed by atoms with van der Waals surface area (Å²) in [7, 11) is 2.05. The average Bonchev–Trinajstić information content (AvgIpc) is 2.92. The van der Waals surface area contributed by atoms with Crippen molar-refractivity contribution in [3.8, 4) is 0 Å². The summed E-state index contributed by atoms with van der Waals surface area (Å²) in [5.41, 5.74) is 2.23. The number of pyridine rings is 1. The highest BCUT2D eigenvalue weighted by Gasteiger charge is 2.13. The zero-order chi connectivity index (χ0) is 15.2. The molecule has 0 unspecified atom stereocenters. The maximum absolute atomic E-state index is 10.5. The van der Waals surface area contributed by atoms with Crippen LogP contribution < -0.4 is 0 Å². The number of aliphatic carboxylic acids is 1. The lowest BCUT2D eigenvalue weighted by Gasteiger charge is -2.24. The first-order valence-electron chi connectivity index (χ1n) is 6.89. The molecule has 0 spiro atoms. The van der Waals surface area contributed by atoms with Crippen molar-refractivity contribution in [2.75, 3.05) is 7.05 Å². The minimum absolute atomic E-state index is 0.0864. The van der Waals surface area contributed by atoms with Crippen LogP contribution in [0.25, 0.3) is 0 Å². The number of nitrogens with zero attached hydrogens (tertiary/aromatic N) is 4. The molecule has 1 N–H and O–H groups in total. The standard InChI is InChI=1S/C15H20N4O2/c1-12(14-4-3-6-16-9-14)18(2)10-13-8-17-19(11-13)7-5-15(20)21/h3-4,6,8-9,11-12H,5,7,10H2,1-2H3,(H,20,21)/t12-/m0/s1. The van der Waals surface area contributed by atoms with Gasteiger partial charge in [-0.15, -0.1) is 0 Å². The van der Waals surface area contributed by atoms with E-state index in [0.29, 0.717) is 6.54 Å². The normalized spacial score (nSPS) is 12.5. The first-order chi connectivity index (χ1) is 10.1. The largest absolute Gasteiger partial charge is 0.481 e. The van der Waals surface area contributed by atoms with Gasteiger partial charge in [0.2, 0.25) is 0 Å². The molecule has 2 aromatic rings. The Hall–Kier alpha value is -2.21. The maximum Gasteiger partial charge on any atom is 0.305 e. The van der Waals surface area contributed by atoms with Crippen molar-refractivity contribution in [2.24, 2.45) is 0 Å². The third-order valence-electron chi connectivity index (χ3n) is 3.50. The molecule has 0 aliphatic carbocycles. The third-order valence-corrected chi connectivity index (χ3v) is 3.50. The van der Waals surface area contributed by atoms with Crippen molar-refractivity contribution in [3.05, 3.63) is 48.0 Å². The van der Waals surface area contributed by atoms with E-state index in [1.807, 2.05) is 25.5 Å². The summed E-state index contributed by atoms with van der Waals surface area (Å²) < 4.78 is 1.67. The number of hydrogen-bond donors (Lipinski definition) is 1. The fraction of sp³-hybridized carbons (Fsp3) is 0.400. The first-order valence-corrected chi connectivity index (χ1v) is 6.89. The Morgan fingerprint density at radius 1 is 1.48 bits per heavy atom. The molecule has 0 aliphatic heterocycles. The molecule has 0 saturated carbocycles. The molecule has 0 aliphatic rings. The molecule has 0 fully saturated rings. The number of rotatable bonds is 7. The summed E-state index contributed by atoms with van der Waals surface area (Å²) in [4.78, 5) is 16.9. The number of aromatic nitrogens is 3. The Labute approximate surface area is 124 Å². The summed E-state index contributed by atoms with van der Waals surface area (Å²) in [5.74, 6) is -0.811. The molecule has 2 aromatic heterocycles. The van der Waals surface area contributed by atoms with E-state index in [2.05, 4.69) is 28.0 Å². The first kappa shape index (κ1) is 15.2. The van der Waals surface area contributed by atoms with E-state index in [1.165, 1.54) is 5.56 Å². The molecule has 0 bridgehead atoms. The second-order valence-electron chi connectivity index (χ2n) is 5.13. The van der Waals surface area contributed by atoms with Crippen molar-refractivity contribution in [2.45, 2.75) is 32.5 Å². The van der Waals surface area contributed by atoms with Gasteiger partial charge in [0, 0.05) is 36.7 Å². The highest BCUT2D eigenvalue weighted by atomic mass is 16.4. The summed E-state index contributed by atoms with van der Waals surface area (Å²) in [5, 5.41) is 12.9. The van der Waals surface area contributed by atoms with E-state index in [4.69, 9.17) is 5.11 Å². The molecule has 112 valence electrons. The van der Waals surface area contributed by atoms with E-state index >= 15 is 0 Å². The molecule has 1 atom stereocenters. The van der Waals surface area contributed by atoms with E-state index in [1.54, 1.807) is 17.1 Å². The summed E-state index contributed by atoms with van der Waals surface area (Å²) in [6.07, 6.45) is 7.41. The Kier molecular flexibility index (Phi) is 5.05. The van der Waals surface area contributed by atoms with Gasteiger partial charge in [-0.1, -0.05) is 6.07 Å². The van der Waals surface area contributed by atoms with Gasteiger partial charge in [0.25, 0.3) is 0 Å². The lowest BCUT2D eigenvalue weighted by Crippen LogP contribution is -2.21. The third kappa shape index (κ3) is 4.39. The smallest absolute Gasteiger partial charge is 0.305 e. The molecule has 2 rings (SSSR count). The fourth-order valence-electron chi connectivity index (χ4n) is 2.12. The quantitative estimate of drug-likeness (QED) is 0.843.